The van der Waals surface area contributed by atoms with Gasteiger partial charge in [0, 0.05) is 54.9 Å². The number of methoxy groups -OCH3 is 1. The number of likely N-dealkylation sites (N-methyl/N-ethyl adjacent to an activating group) is 1. The Morgan fingerprint density at radius 1 is 1.15 bits per heavy atom. The number of aromatic nitrogens is 1. The summed E-state index contributed by atoms with van der Waals surface area (Å²) < 4.78 is 11.8. The van der Waals surface area contributed by atoms with Gasteiger partial charge in [-0.2, -0.15) is 0 Å². The third-order valence-electron chi connectivity index (χ3n) is 7.22. The largest absolute Gasteiger partial charge is 0.497 e. The van der Waals surface area contributed by atoms with E-state index in [0.717, 1.165) is 12.1 Å². The molecule has 0 unspecified atom stereocenters. The Balaban J connectivity index is 1.54. The molecular weight excluding hydrogens is 522 g/mol. The van der Waals surface area contributed by atoms with Gasteiger partial charge in [0.2, 0.25) is 5.91 Å². The first kappa shape index (κ1) is 29.8. The van der Waals surface area contributed by atoms with E-state index in [1.165, 1.54) is 0 Å². The SMILES string of the molecule is COc1ccc(NC(=O)Nc2ccc3c(c2)CC(=O)N([C@@H](C)CO)C[C@@H](C)[C@H](CN(C)Cc2ccncc2)O3)cc1. The van der Waals surface area contributed by atoms with Crippen LogP contribution in [0.4, 0.5) is 16.2 Å². The molecule has 10 nitrogen and oxygen atoms in total. The van der Waals surface area contributed by atoms with Crippen molar-refractivity contribution in [2.45, 2.75) is 39.0 Å². The van der Waals surface area contributed by atoms with Crippen LogP contribution in [0.2, 0.25) is 0 Å². The molecule has 3 amide bonds. The molecule has 41 heavy (non-hydrogen) atoms. The molecule has 0 aliphatic carbocycles. The van der Waals surface area contributed by atoms with Crippen molar-refractivity contribution in [2.75, 3.05) is 44.5 Å². The summed E-state index contributed by atoms with van der Waals surface area (Å²) in [5, 5.41) is 15.5. The number of ether oxygens (including phenoxy) is 2. The van der Waals surface area contributed by atoms with E-state index in [9.17, 15) is 14.7 Å². The number of nitrogens with zero attached hydrogens (tertiary/aromatic N) is 3. The highest BCUT2D eigenvalue weighted by atomic mass is 16.5. The van der Waals surface area contributed by atoms with E-state index in [-0.39, 0.29) is 37.0 Å². The number of aliphatic hydroxyl groups excluding tert-OH is 1. The van der Waals surface area contributed by atoms with Gasteiger partial charge in [-0.05, 0) is 74.1 Å². The lowest BCUT2D eigenvalue weighted by Gasteiger charge is -2.34. The van der Waals surface area contributed by atoms with E-state index in [0.29, 0.717) is 41.5 Å². The van der Waals surface area contributed by atoms with E-state index in [1.54, 1.807) is 66.9 Å². The third-order valence-corrected chi connectivity index (χ3v) is 7.22. The molecule has 4 rings (SSSR count). The number of hydrogen-bond donors (Lipinski definition) is 3. The minimum absolute atomic E-state index is 0.00753. The van der Waals surface area contributed by atoms with Gasteiger partial charge in [-0.15, -0.1) is 0 Å². The molecule has 2 aromatic carbocycles. The molecule has 2 heterocycles. The van der Waals surface area contributed by atoms with E-state index in [1.807, 2.05) is 26.1 Å². The van der Waals surface area contributed by atoms with Gasteiger partial charge in [-0.25, -0.2) is 4.79 Å². The number of rotatable bonds is 9. The van der Waals surface area contributed by atoms with Gasteiger partial charge < -0.3 is 30.1 Å². The first-order chi connectivity index (χ1) is 19.7. The van der Waals surface area contributed by atoms with Crippen LogP contribution in [0.25, 0.3) is 0 Å². The van der Waals surface area contributed by atoms with E-state index < -0.39 is 6.03 Å². The molecule has 1 aliphatic heterocycles. The fourth-order valence-electron chi connectivity index (χ4n) is 4.86. The highest BCUT2D eigenvalue weighted by molar-refractivity contribution is 6.00. The van der Waals surface area contributed by atoms with Gasteiger partial charge >= 0.3 is 6.03 Å². The van der Waals surface area contributed by atoms with Crippen molar-refractivity contribution in [1.82, 2.24) is 14.8 Å². The second-order valence-corrected chi connectivity index (χ2v) is 10.6. The van der Waals surface area contributed by atoms with Crippen LogP contribution in [0.1, 0.15) is 25.0 Å². The Hall–Kier alpha value is -4.15. The van der Waals surface area contributed by atoms with Gasteiger partial charge in [0.1, 0.15) is 17.6 Å². The van der Waals surface area contributed by atoms with Crippen molar-refractivity contribution in [3.63, 3.8) is 0 Å². The van der Waals surface area contributed by atoms with Crippen molar-refractivity contribution < 1.29 is 24.2 Å². The van der Waals surface area contributed by atoms with Gasteiger partial charge in [0.25, 0.3) is 0 Å². The number of pyridine rings is 1. The van der Waals surface area contributed by atoms with E-state index in [4.69, 9.17) is 9.47 Å². The van der Waals surface area contributed by atoms with Crippen LogP contribution in [0.15, 0.2) is 67.0 Å². The van der Waals surface area contributed by atoms with E-state index >= 15 is 0 Å². The normalized spacial score (nSPS) is 17.9. The van der Waals surface area contributed by atoms with Crippen molar-refractivity contribution in [3.8, 4) is 11.5 Å². The van der Waals surface area contributed by atoms with Crippen LogP contribution in [0, 0.1) is 5.92 Å². The number of benzene rings is 2. The lowest BCUT2D eigenvalue weighted by atomic mass is 10.0. The maximum atomic E-state index is 13.5. The minimum atomic E-state index is -0.412. The van der Waals surface area contributed by atoms with Gasteiger partial charge in [-0.1, -0.05) is 6.92 Å². The fourth-order valence-corrected chi connectivity index (χ4v) is 4.86. The number of aliphatic hydroxyl groups is 1. The number of carbonyl (C=O) groups excluding carboxylic acids is 2. The highest BCUT2D eigenvalue weighted by Crippen LogP contribution is 2.29. The standard InChI is InChI=1S/C31H39N5O5/c1-21-17-36(22(2)20-37)30(38)16-24-15-26(34-31(39)33-25-5-8-27(40-4)9-6-25)7-10-28(24)41-29(21)19-35(3)18-23-11-13-32-14-12-23/h5-15,21-22,29,37H,16-20H2,1-4H3,(H2,33,34,39)/t21-,22+,29+/m1/s1. The maximum absolute atomic E-state index is 13.5. The summed E-state index contributed by atoms with van der Waals surface area (Å²) in [6.45, 7) is 5.59. The van der Waals surface area contributed by atoms with Crippen molar-refractivity contribution in [3.05, 3.63) is 78.1 Å². The molecule has 10 heteroatoms. The average molecular weight is 562 g/mol. The van der Waals surface area contributed by atoms with Crippen LogP contribution < -0.4 is 20.1 Å². The van der Waals surface area contributed by atoms with Crippen LogP contribution in [0.5, 0.6) is 11.5 Å². The monoisotopic (exact) mass is 561 g/mol. The smallest absolute Gasteiger partial charge is 0.323 e. The number of urea groups is 1. The van der Waals surface area contributed by atoms with Crippen LogP contribution in [0.3, 0.4) is 0 Å². The number of anilines is 2. The Labute approximate surface area is 241 Å². The summed E-state index contributed by atoms with van der Waals surface area (Å²) in [6.07, 6.45) is 3.42. The number of carbonyl (C=O) groups is 2. The number of hydrogen-bond acceptors (Lipinski definition) is 7. The molecule has 0 saturated heterocycles. The van der Waals surface area contributed by atoms with Crippen molar-refractivity contribution >= 4 is 23.3 Å². The fraction of sp³-hybridized carbons (Fsp3) is 0.387. The van der Waals surface area contributed by atoms with E-state index in [2.05, 4.69) is 27.4 Å². The first-order valence-corrected chi connectivity index (χ1v) is 13.7. The van der Waals surface area contributed by atoms with Crippen LogP contribution in [-0.4, -0.2) is 77.8 Å². The minimum Gasteiger partial charge on any atom is -0.497 e. The molecular formula is C31H39N5O5. The Morgan fingerprint density at radius 2 is 1.83 bits per heavy atom. The topological polar surface area (TPSA) is 116 Å². The summed E-state index contributed by atoms with van der Waals surface area (Å²) in [6, 6.07) is 15.6. The Bertz CT molecular complexity index is 1300. The second kappa shape index (κ2) is 14.0. The zero-order valence-electron chi connectivity index (χ0n) is 24.0. The lowest BCUT2D eigenvalue weighted by Crippen LogP contribution is -2.47. The second-order valence-electron chi connectivity index (χ2n) is 10.6. The number of nitrogens with one attached hydrogen (secondary N) is 2. The summed E-state index contributed by atoms with van der Waals surface area (Å²) in [7, 11) is 3.62. The van der Waals surface area contributed by atoms with Crippen LogP contribution >= 0.6 is 0 Å². The molecule has 0 bridgehead atoms. The zero-order valence-corrected chi connectivity index (χ0v) is 24.0. The predicted octanol–water partition coefficient (Wildman–Crippen LogP) is 4.02. The summed E-state index contributed by atoms with van der Waals surface area (Å²) in [4.78, 5) is 34.2. The zero-order chi connectivity index (χ0) is 29.4. The lowest BCUT2D eigenvalue weighted by molar-refractivity contribution is -0.134. The molecule has 0 fully saturated rings. The average Bonchev–Trinajstić information content (AvgIpc) is 3.01. The number of fused-ring (bicyclic) bond motifs is 1. The molecule has 3 atom stereocenters. The van der Waals surface area contributed by atoms with Gasteiger partial charge in [0.05, 0.1) is 26.2 Å². The Kier molecular flexibility index (Phi) is 10.2. The van der Waals surface area contributed by atoms with Gasteiger partial charge in [-0.3, -0.25) is 14.7 Å². The molecule has 0 radical (unpaired) electrons. The molecule has 1 aromatic heterocycles. The quantitative estimate of drug-likeness (QED) is 0.361. The first-order valence-electron chi connectivity index (χ1n) is 13.7. The summed E-state index contributed by atoms with van der Waals surface area (Å²) >= 11 is 0. The number of amides is 3. The molecule has 1 aliphatic rings. The predicted molar refractivity (Wildman–Crippen MR) is 158 cm³/mol. The molecule has 0 saturated carbocycles. The van der Waals surface area contributed by atoms with Gasteiger partial charge in [0.15, 0.2) is 0 Å². The molecule has 0 spiro atoms. The van der Waals surface area contributed by atoms with Crippen LogP contribution in [-0.2, 0) is 17.8 Å². The molecule has 3 aromatic rings. The molecule has 218 valence electrons. The Morgan fingerprint density at radius 3 is 2.51 bits per heavy atom. The summed E-state index contributed by atoms with van der Waals surface area (Å²) in [5.41, 5.74) is 2.97. The van der Waals surface area contributed by atoms with Crippen molar-refractivity contribution in [1.29, 1.82) is 0 Å². The molecule has 3 N–H and O–H groups in total. The summed E-state index contributed by atoms with van der Waals surface area (Å²) in [5.74, 6) is 1.19. The highest BCUT2D eigenvalue weighted by Gasteiger charge is 2.31. The third kappa shape index (κ3) is 8.18. The maximum Gasteiger partial charge on any atom is 0.323 e. The van der Waals surface area contributed by atoms with Crippen molar-refractivity contribution in [2.24, 2.45) is 5.92 Å².